The van der Waals surface area contributed by atoms with Crippen molar-refractivity contribution in [1.82, 2.24) is 4.98 Å². The maximum atomic E-state index is 12.4. The number of carboxylic acid groups (broad SMARTS) is 1. The number of nitrogens with one attached hydrogen (secondary N) is 1. The Morgan fingerprint density at radius 2 is 1.88 bits per heavy atom. The van der Waals surface area contributed by atoms with Gasteiger partial charge in [0.1, 0.15) is 5.56 Å². The summed E-state index contributed by atoms with van der Waals surface area (Å²) in [5.74, 6) is -2.24. The molecule has 1 aromatic heterocycles. The molecule has 0 aliphatic rings. The van der Waals surface area contributed by atoms with Crippen molar-refractivity contribution in [3.63, 3.8) is 0 Å². The van der Waals surface area contributed by atoms with Crippen LogP contribution in [0, 0.1) is 0 Å². The molecule has 0 saturated heterocycles. The molecule has 0 radical (unpaired) electrons. The quantitative estimate of drug-likeness (QED) is 0.796. The Labute approximate surface area is 89.7 Å². The first-order valence-corrected chi connectivity index (χ1v) is 4.00. The summed E-state index contributed by atoms with van der Waals surface area (Å²) >= 11 is 0. The standard InChI is InChI=1S/C8H4F5NO3/c9-5(10)2-1-14-6(15)4(8(11,12)13)3(2)7(16)17/h1,5H,(H,14,15)(H,16,17). The number of carbonyl (C=O) groups is 1. The van der Waals surface area contributed by atoms with Crippen LogP contribution < -0.4 is 5.56 Å². The highest BCUT2D eigenvalue weighted by Crippen LogP contribution is 2.33. The van der Waals surface area contributed by atoms with Crippen molar-refractivity contribution in [2.45, 2.75) is 12.6 Å². The molecule has 0 fully saturated rings. The van der Waals surface area contributed by atoms with Gasteiger partial charge in [-0.05, 0) is 0 Å². The Morgan fingerprint density at radius 3 is 2.24 bits per heavy atom. The highest BCUT2D eigenvalue weighted by Gasteiger charge is 2.41. The van der Waals surface area contributed by atoms with Gasteiger partial charge in [-0.25, -0.2) is 13.6 Å². The smallest absolute Gasteiger partial charge is 0.422 e. The van der Waals surface area contributed by atoms with Crippen LogP contribution >= 0.6 is 0 Å². The zero-order valence-corrected chi connectivity index (χ0v) is 7.81. The van der Waals surface area contributed by atoms with E-state index in [1.807, 2.05) is 0 Å². The fourth-order valence-corrected chi connectivity index (χ4v) is 1.22. The largest absolute Gasteiger partial charge is 0.478 e. The third-order valence-corrected chi connectivity index (χ3v) is 1.86. The van der Waals surface area contributed by atoms with Gasteiger partial charge >= 0.3 is 12.1 Å². The van der Waals surface area contributed by atoms with E-state index in [1.54, 1.807) is 0 Å². The summed E-state index contributed by atoms with van der Waals surface area (Å²) in [5.41, 5.74) is -7.03. The maximum Gasteiger partial charge on any atom is 0.422 e. The summed E-state index contributed by atoms with van der Waals surface area (Å²) in [7, 11) is 0. The first-order chi connectivity index (χ1) is 7.66. The molecule has 9 heteroatoms. The van der Waals surface area contributed by atoms with Crippen LogP contribution in [0.3, 0.4) is 0 Å². The second-order valence-corrected chi connectivity index (χ2v) is 2.93. The number of hydrogen-bond acceptors (Lipinski definition) is 2. The molecule has 0 unspecified atom stereocenters. The van der Waals surface area contributed by atoms with E-state index in [0.717, 1.165) is 0 Å². The van der Waals surface area contributed by atoms with Gasteiger partial charge in [-0.15, -0.1) is 0 Å². The topological polar surface area (TPSA) is 70.2 Å². The molecule has 0 amide bonds. The summed E-state index contributed by atoms with van der Waals surface area (Å²) in [5, 5.41) is 8.50. The SMILES string of the molecule is O=C(O)c1c(C(F)F)c[nH]c(=O)c1C(F)(F)F. The number of hydrogen-bond donors (Lipinski definition) is 2. The van der Waals surface area contributed by atoms with E-state index in [2.05, 4.69) is 0 Å². The van der Waals surface area contributed by atoms with Crippen LogP contribution in [-0.2, 0) is 6.18 Å². The maximum absolute atomic E-state index is 12.4. The van der Waals surface area contributed by atoms with Crippen molar-refractivity contribution in [3.05, 3.63) is 33.2 Å². The summed E-state index contributed by atoms with van der Waals surface area (Å²) in [6, 6.07) is 0. The summed E-state index contributed by atoms with van der Waals surface area (Å²) in [4.78, 5) is 22.9. The number of aromatic nitrogens is 1. The molecule has 0 spiro atoms. The second kappa shape index (κ2) is 4.15. The fourth-order valence-electron chi connectivity index (χ4n) is 1.22. The molecule has 0 atom stereocenters. The highest BCUT2D eigenvalue weighted by molar-refractivity contribution is 5.91. The van der Waals surface area contributed by atoms with Gasteiger partial charge in [0.25, 0.3) is 12.0 Å². The molecule has 0 aliphatic carbocycles. The lowest BCUT2D eigenvalue weighted by Gasteiger charge is -2.12. The lowest BCUT2D eigenvalue weighted by molar-refractivity contribution is -0.139. The number of pyridine rings is 1. The Balaban J connectivity index is 3.74. The molecule has 0 aliphatic heterocycles. The number of carboxylic acids is 1. The highest BCUT2D eigenvalue weighted by atomic mass is 19.4. The van der Waals surface area contributed by atoms with E-state index in [9.17, 15) is 31.5 Å². The second-order valence-electron chi connectivity index (χ2n) is 2.93. The molecular weight excluding hydrogens is 253 g/mol. The van der Waals surface area contributed by atoms with E-state index in [4.69, 9.17) is 5.11 Å². The number of alkyl halides is 5. The minimum atomic E-state index is -5.33. The zero-order chi connectivity index (χ0) is 13.4. The fraction of sp³-hybridized carbons (Fsp3) is 0.250. The van der Waals surface area contributed by atoms with Crippen molar-refractivity contribution in [1.29, 1.82) is 0 Å². The minimum absolute atomic E-state index is 0.256. The summed E-state index contributed by atoms with van der Waals surface area (Å²) < 4.78 is 61.8. The van der Waals surface area contributed by atoms with Crippen LogP contribution in [-0.4, -0.2) is 16.1 Å². The van der Waals surface area contributed by atoms with Crippen LogP contribution in [0.1, 0.15) is 27.9 Å². The molecule has 0 saturated carbocycles. The molecular formula is C8H4F5NO3. The molecule has 17 heavy (non-hydrogen) atoms. The van der Waals surface area contributed by atoms with Gasteiger partial charge in [-0.3, -0.25) is 4.79 Å². The van der Waals surface area contributed by atoms with Gasteiger partial charge < -0.3 is 10.1 Å². The number of H-pyrrole nitrogens is 1. The monoisotopic (exact) mass is 257 g/mol. The third-order valence-electron chi connectivity index (χ3n) is 1.86. The lowest BCUT2D eigenvalue weighted by atomic mass is 10.0. The van der Waals surface area contributed by atoms with E-state index >= 15 is 0 Å². The predicted octanol–water partition coefficient (Wildman–Crippen LogP) is 2.03. The van der Waals surface area contributed by atoms with Gasteiger partial charge in [0.15, 0.2) is 0 Å². The van der Waals surface area contributed by atoms with Crippen molar-refractivity contribution in [3.8, 4) is 0 Å². The van der Waals surface area contributed by atoms with E-state index in [-0.39, 0.29) is 6.20 Å². The summed E-state index contributed by atoms with van der Waals surface area (Å²) in [6.45, 7) is 0. The van der Waals surface area contributed by atoms with Crippen molar-refractivity contribution in [2.24, 2.45) is 0 Å². The van der Waals surface area contributed by atoms with Crippen molar-refractivity contribution in [2.75, 3.05) is 0 Å². The van der Waals surface area contributed by atoms with Gasteiger partial charge in [-0.2, -0.15) is 13.2 Å². The third kappa shape index (κ3) is 2.43. The van der Waals surface area contributed by atoms with E-state index in [0.29, 0.717) is 0 Å². The Kier molecular flexibility index (Phi) is 3.21. The first-order valence-electron chi connectivity index (χ1n) is 4.00. The lowest BCUT2D eigenvalue weighted by Crippen LogP contribution is -2.27. The molecule has 94 valence electrons. The number of aromatic carboxylic acids is 1. The van der Waals surface area contributed by atoms with Gasteiger partial charge in [-0.1, -0.05) is 0 Å². The Morgan fingerprint density at radius 1 is 1.35 bits per heavy atom. The molecule has 2 N–H and O–H groups in total. The van der Waals surface area contributed by atoms with Gasteiger partial charge in [0.05, 0.1) is 5.56 Å². The van der Waals surface area contributed by atoms with Crippen LogP contribution in [0.15, 0.2) is 11.0 Å². The number of aromatic amines is 1. The number of rotatable bonds is 2. The molecule has 1 aromatic rings. The summed E-state index contributed by atoms with van der Waals surface area (Å²) in [6.07, 6.45) is -8.52. The van der Waals surface area contributed by atoms with Gasteiger partial charge in [0.2, 0.25) is 0 Å². The minimum Gasteiger partial charge on any atom is -0.478 e. The average Bonchev–Trinajstić information content (AvgIpc) is 2.14. The zero-order valence-electron chi connectivity index (χ0n) is 7.81. The van der Waals surface area contributed by atoms with Crippen LogP contribution in [0.5, 0.6) is 0 Å². The van der Waals surface area contributed by atoms with E-state index in [1.165, 1.54) is 4.98 Å². The number of halogens is 5. The molecule has 0 bridgehead atoms. The average molecular weight is 257 g/mol. The first kappa shape index (κ1) is 13.1. The normalized spacial score (nSPS) is 11.9. The van der Waals surface area contributed by atoms with E-state index < -0.39 is 40.8 Å². The van der Waals surface area contributed by atoms with Gasteiger partial charge in [0, 0.05) is 11.8 Å². The van der Waals surface area contributed by atoms with Crippen LogP contribution in [0.25, 0.3) is 0 Å². The molecule has 1 heterocycles. The van der Waals surface area contributed by atoms with Crippen molar-refractivity contribution < 1.29 is 31.9 Å². The Hall–Kier alpha value is -1.93. The molecule has 0 aromatic carbocycles. The molecule has 1 rings (SSSR count). The molecule has 4 nitrogen and oxygen atoms in total. The van der Waals surface area contributed by atoms with Crippen LogP contribution in [0.2, 0.25) is 0 Å². The van der Waals surface area contributed by atoms with Crippen molar-refractivity contribution >= 4 is 5.97 Å². The predicted molar refractivity (Wildman–Crippen MR) is 44.0 cm³/mol. The Bertz CT molecular complexity index is 505. The van der Waals surface area contributed by atoms with Crippen LogP contribution in [0.4, 0.5) is 22.0 Å².